The SMILES string of the molecule is C(/c1ccccc1)=c1\c(-c2ccccn2)nn2c(-c3ccccn3)nnc12.C(/c1ccccc1)=c1\c(Oc2ccccc2)nn2nc(-c3cnccn3)nc12.Cc1ccc(/C=c2/c(-c3ccc(C)cc3)nn3nc(-c4ccccc4)nc23)cc1.Cc1nn2nc(-c3cccnc3)nc2/c1=C\c1ccccc1.c1ccc(N=C2C(c3ccccc3)=Nn3c2nnc3-c2ccccn2)cc1. The van der Waals surface area contributed by atoms with Gasteiger partial charge in [0.05, 0.1) is 33.7 Å². The summed E-state index contributed by atoms with van der Waals surface area (Å²) in [5.41, 5.74) is 21.2. The Labute approximate surface area is 759 Å². The summed E-state index contributed by atoms with van der Waals surface area (Å²) in [5.74, 6) is 4.73. The van der Waals surface area contributed by atoms with E-state index in [-0.39, 0.29) is 0 Å². The lowest BCUT2D eigenvalue weighted by atomic mass is 10.1. The van der Waals surface area contributed by atoms with Crippen molar-refractivity contribution in [1.29, 1.82) is 0 Å². The van der Waals surface area contributed by atoms with Gasteiger partial charge in [0.25, 0.3) is 0 Å². The van der Waals surface area contributed by atoms with Gasteiger partial charge in [0.1, 0.15) is 45.6 Å². The predicted octanol–water partition coefficient (Wildman–Crippen LogP) is 16.1. The van der Waals surface area contributed by atoms with E-state index in [1.54, 1.807) is 68.0 Å². The van der Waals surface area contributed by atoms with Gasteiger partial charge in [-0.3, -0.25) is 24.9 Å². The van der Waals surface area contributed by atoms with E-state index in [0.717, 1.165) is 117 Å². The summed E-state index contributed by atoms with van der Waals surface area (Å²) in [6, 6.07) is 107. The summed E-state index contributed by atoms with van der Waals surface area (Å²) in [7, 11) is 0. The summed E-state index contributed by atoms with van der Waals surface area (Å²) < 4.78 is 14.2. The number of ether oxygens (including phenoxy) is 1. The monoisotopic (exact) mass is 1730 g/mol. The van der Waals surface area contributed by atoms with Crippen LogP contribution < -0.4 is 25.6 Å². The Balaban J connectivity index is 0.000000104. The molecule has 0 atom stereocenters. The minimum absolute atomic E-state index is 0.441. The van der Waals surface area contributed by atoms with Crippen molar-refractivity contribution < 1.29 is 4.74 Å². The molecule has 24 rings (SSSR count). The molecule has 0 saturated heterocycles. The summed E-state index contributed by atoms with van der Waals surface area (Å²) >= 11 is 0. The smallest absolute Gasteiger partial charge is 0.250 e. The second-order valence-electron chi connectivity index (χ2n) is 30.4. The lowest BCUT2D eigenvalue weighted by Crippen LogP contribution is -2.13. The minimum Gasteiger partial charge on any atom is -0.437 e. The summed E-state index contributed by atoms with van der Waals surface area (Å²) in [6.07, 6.45) is 21.8. The van der Waals surface area contributed by atoms with Crippen LogP contribution >= 0.6 is 0 Å². The number of aliphatic imine (C=N–C) groups is 1. The van der Waals surface area contributed by atoms with Crippen LogP contribution in [0.5, 0.6) is 11.6 Å². The summed E-state index contributed by atoms with van der Waals surface area (Å²) in [4.78, 5) is 44.5. The number of hydrogen-bond donors (Lipinski definition) is 0. The first-order valence-electron chi connectivity index (χ1n) is 42.5. The third kappa shape index (κ3) is 18.5. The average molecular weight is 1730 g/mol. The van der Waals surface area contributed by atoms with E-state index in [9.17, 15) is 0 Å². The average Bonchev–Trinajstić information content (AvgIpc) is 1.55. The molecule has 28 nitrogen and oxygen atoms in total. The van der Waals surface area contributed by atoms with Crippen molar-refractivity contribution in [2.24, 2.45) is 10.1 Å². The molecule has 28 heteroatoms. The Morgan fingerprint density at radius 2 is 0.767 bits per heavy atom. The number of aryl methyl sites for hydroxylation is 3. The minimum atomic E-state index is 0.441. The van der Waals surface area contributed by atoms with Crippen LogP contribution in [0.4, 0.5) is 5.69 Å². The number of fused-ring (bicyclic) bond motifs is 5. The molecule has 1 aliphatic heterocycles. The first-order chi connectivity index (χ1) is 65.6. The maximum absolute atomic E-state index is 6.00. The fourth-order valence-electron chi connectivity index (χ4n) is 14.6. The van der Waals surface area contributed by atoms with Gasteiger partial charge in [-0.15, -0.1) is 59.8 Å². The molecule has 0 fully saturated rings. The van der Waals surface area contributed by atoms with Gasteiger partial charge in [0.2, 0.25) is 29.2 Å². The zero-order valence-electron chi connectivity index (χ0n) is 71.6. The van der Waals surface area contributed by atoms with E-state index in [1.807, 2.05) is 280 Å². The molecule has 0 unspecified atom stereocenters. The zero-order valence-corrected chi connectivity index (χ0v) is 71.6. The molecule has 0 radical (unpaired) electrons. The van der Waals surface area contributed by atoms with Crippen molar-refractivity contribution >= 4 is 64.0 Å². The molecule has 636 valence electrons. The first-order valence-corrected chi connectivity index (χ1v) is 42.5. The van der Waals surface area contributed by atoms with Gasteiger partial charge in [-0.2, -0.15) is 24.5 Å². The van der Waals surface area contributed by atoms with Crippen LogP contribution in [-0.2, 0) is 0 Å². The largest absolute Gasteiger partial charge is 0.437 e. The van der Waals surface area contributed by atoms with Crippen LogP contribution in [0.2, 0.25) is 0 Å². The highest BCUT2D eigenvalue weighted by molar-refractivity contribution is 6.54. The molecule has 0 saturated carbocycles. The number of rotatable bonds is 15. The van der Waals surface area contributed by atoms with Crippen molar-refractivity contribution in [1.82, 2.24) is 124 Å². The van der Waals surface area contributed by atoms with E-state index in [0.29, 0.717) is 75.0 Å². The molecular weight excluding hydrogens is 1660 g/mol. The van der Waals surface area contributed by atoms with Gasteiger partial charge in [-0.1, -0.05) is 266 Å². The molecule has 15 heterocycles. The van der Waals surface area contributed by atoms with Crippen molar-refractivity contribution in [3.05, 3.63) is 448 Å². The highest BCUT2D eigenvalue weighted by atomic mass is 16.5. The van der Waals surface area contributed by atoms with Gasteiger partial charge in [0.15, 0.2) is 34.2 Å². The highest BCUT2D eigenvalue weighted by Crippen LogP contribution is 2.28. The third-order valence-electron chi connectivity index (χ3n) is 21.1. The van der Waals surface area contributed by atoms with E-state index in [4.69, 9.17) is 30.0 Å². The number of benzene rings is 9. The quantitative estimate of drug-likeness (QED) is 0.0920. The number of pyridine rings is 4. The molecular formula is C105H75N27O. The van der Waals surface area contributed by atoms with Gasteiger partial charge >= 0.3 is 0 Å². The topological polar surface area (TPSA) is 314 Å². The Hall–Kier alpha value is -18.9. The number of nitrogens with zero attached hydrogens (tertiary/aromatic N) is 27. The molecule has 0 amide bonds. The maximum atomic E-state index is 6.00. The second kappa shape index (κ2) is 38.1. The molecule has 1 aliphatic rings. The second-order valence-corrected chi connectivity index (χ2v) is 30.4. The van der Waals surface area contributed by atoms with Gasteiger partial charge < -0.3 is 4.74 Å². The van der Waals surface area contributed by atoms with E-state index >= 15 is 0 Å². The standard InChI is InChI=1S/C25H20N4.C21H14N6O.2C21H14N6.C17H13N5/c1-17-8-12-19(13-9-17)16-22-23(20-14-10-18(2)11-15-20)27-29-25(22)26-24(28-29)21-6-4-3-5-7-21;1-3-7-15(8-4-1)13-17-20-24-19(18-14-22-11-12-23-18)25-27(20)26-21(17)28-16-9-5-2-6-10-16;1-3-9-15(10-4-1)18-19(23-16-11-5-2-6-12-16)21-25-24-20(27(21)26-18)17-13-7-8-14-22-17;1-2-8-15(9-3-1)14-16-19(17-10-4-6-12-22-17)26-27-20(16)24-25-21(27)18-11-5-7-13-23-18;1-12-15(10-13-6-3-2-4-7-13)17-19-16(21-22(17)20-12)14-8-5-9-18-11-14/h3-16H,1-2H3;1-14H;2*1-14H;2-11H,1H3/b22-16-;17-13+;;16-14-;15-10-. The predicted molar refractivity (Wildman–Crippen MR) is 511 cm³/mol. The molecule has 9 aromatic carbocycles. The zero-order chi connectivity index (χ0) is 89.6. The van der Waals surface area contributed by atoms with Crippen LogP contribution in [0.25, 0.3) is 127 Å². The normalized spacial score (nSPS) is 12.4. The van der Waals surface area contributed by atoms with Gasteiger partial charge in [-0.05, 0) is 140 Å². The number of aromatic nitrogens is 25. The molecule has 23 aromatic rings. The van der Waals surface area contributed by atoms with Crippen molar-refractivity contribution in [2.45, 2.75) is 20.8 Å². The van der Waals surface area contributed by atoms with Crippen molar-refractivity contribution in [2.75, 3.05) is 0 Å². The number of para-hydroxylation sites is 2. The van der Waals surface area contributed by atoms with Crippen LogP contribution in [0.15, 0.2) is 387 Å². The summed E-state index contributed by atoms with van der Waals surface area (Å²) in [5, 5.41) is 57.7. The summed E-state index contributed by atoms with van der Waals surface area (Å²) in [6.45, 7) is 6.14. The number of hydrogen-bond acceptors (Lipinski definition) is 23. The molecule has 133 heavy (non-hydrogen) atoms. The van der Waals surface area contributed by atoms with E-state index < -0.39 is 0 Å². The molecule has 0 N–H and O–H groups in total. The van der Waals surface area contributed by atoms with Crippen LogP contribution in [-0.4, -0.2) is 135 Å². The fourth-order valence-corrected chi connectivity index (χ4v) is 14.6. The Morgan fingerprint density at radius 1 is 0.301 bits per heavy atom. The van der Waals surface area contributed by atoms with Crippen molar-refractivity contribution in [3.63, 3.8) is 0 Å². The third-order valence-corrected chi connectivity index (χ3v) is 21.1. The maximum Gasteiger partial charge on any atom is 0.250 e. The lowest BCUT2D eigenvalue weighted by Gasteiger charge is -2.02. The molecule has 14 aromatic heterocycles. The Bertz CT molecular complexity index is 8240. The molecule has 0 bridgehead atoms. The van der Waals surface area contributed by atoms with Crippen LogP contribution in [0.3, 0.4) is 0 Å². The fraction of sp³-hybridized carbons (Fsp3) is 0.0286. The molecule has 0 spiro atoms. The van der Waals surface area contributed by atoms with Gasteiger partial charge in [0, 0.05) is 76.1 Å². The first kappa shape index (κ1) is 82.4. The van der Waals surface area contributed by atoms with Gasteiger partial charge in [-0.25, -0.2) is 24.9 Å². The Morgan fingerprint density at radius 3 is 1.37 bits per heavy atom. The lowest BCUT2D eigenvalue weighted by molar-refractivity contribution is 0.453. The Kier molecular flexibility index (Phi) is 23.6. The van der Waals surface area contributed by atoms with Crippen molar-refractivity contribution in [3.8, 4) is 91.6 Å². The van der Waals surface area contributed by atoms with Crippen LogP contribution in [0.1, 0.15) is 50.5 Å². The molecule has 0 aliphatic carbocycles. The van der Waals surface area contributed by atoms with E-state index in [2.05, 4.69) is 178 Å². The van der Waals surface area contributed by atoms with E-state index in [1.165, 1.54) is 15.8 Å². The highest BCUT2D eigenvalue weighted by Gasteiger charge is 2.31. The van der Waals surface area contributed by atoms with Crippen LogP contribution in [0, 0.1) is 20.8 Å².